The summed E-state index contributed by atoms with van der Waals surface area (Å²) in [5.74, 6) is 1.46. The Morgan fingerprint density at radius 1 is 0.971 bits per heavy atom. The Hall–Kier alpha value is -3.40. The van der Waals surface area contributed by atoms with Crippen LogP contribution >= 0.6 is 22.7 Å². The second-order valence-corrected chi connectivity index (χ2v) is 10.2. The molecule has 178 valence electrons. The zero-order valence-corrected chi connectivity index (χ0v) is 20.6. The number of piperazine rings is 1. The molecule has 7 nitrogen and oxygen atoms in total. The van der Waals surface area contributed by atoms with Gasteiger partial charge in [0, 0.05) is 38.1 Å². The first-order chi connectivity index (χ1) is 17.2. The molecule has 2 aliphatic rings. The predicted molar refractivity (Wildman–Crippen MR) is 140 cm³/mol. The van der Waals surface area contributed by atoms with Crippen molar-refractivity contribution in [2.75, 3.05) is 43.2 Å². The lowest BCUT2D eigenvalue weighted by atomic mass is 10.1. The van der Waals surface area contributed by atoms with Gasteiger partial charge in [0.1, 0.15) is 10.7 Å². The molecule has 2 aromatic heterocycles. The molecule has 0 radical (unpaired) electrons. The molecular weight excluding hydrogens is 480 g/mol. The van der Waals surface area contributed by atoms with Crippen molar-refractivity contribution in [2.24, 2.45) is 0 Å². The van der Waals surface area contributed by atoms with E-state index in [0.29, 0.717) is 12.5 Å². The van der Waals surface area contributed by atoms with Crippen LogP contribution in [0.15, 0.2) is 65.4 Å². The van der Waals surface area contributed by atoms with Gasteiger partial charge in [-0.2, -0.15) is 0 Å². The van der Waals surface area contributed by atoms with Crippen molar-refractivity contribution in [3.05, 3.63) is 76.6 Å². The monoisotopic (exact) mass is 504 g/mol. The van der Waals surface area contributed by atoms with E-state index >= 15 is 0 Å². The number of rotatable bonds is 6. The number of benzene rings is 2. The topological polar surface area (TPSA) is 66.9 Å². The van der Waals surface area contributed by atoms with Crippen LogP contribution in [0.3, 0.4) is 0 Å². The molecule has 35 heavy (non-hydrogen) atoms. The number of para-hydroxylation sites is 2. The summed E-state index contributed by atoms with van der Waals surface area (Å²) >= 11 is 3.12. The fourth-order valence-corrected chi connectivity index (χ4v) is 5.99. The number of thiazole rings is 1. The maximum absolute atomic E-state index is 13.0. The van der Waals surface area contributed by atoms with Gasteiger partial charge >= 0.3 is 0 Å². The summed E-state index contributed by atoms with van der Waals surface area (Å²) in [7, 11) is 0. The summed E-state index contributed by atoms with van der Waals surface area (Å²) in [5, 5.41) is 7.79. The summed E-state index contributed by atoms with van der Waals surface area (Å²) in [4.78, 5) is 23.4. The zero-order valence-electron chi connectivity index (χ0n) is 19.0. The van der Waals surface area contributed by atoms with Crippen molar-refractivity contribution in [1.29, 1.82) is 0 Å². The third-order valence-electron chi connectivity index (χ3n) is 6.18. The van der Waals surface area contributed by atoms with Crippen LogP contribution in [-0.4, -0.2) is 48.8 Å². The van der Waals surface area contributed by atoms with E-state index in [1.807, 2.05) is 47.2 Å². The lowest BCUT2D eigenvalue weighted by molar-refractivity contribution is 0.102. The first-order valence-electron chi connectivity index (χ1n) is 11.5. The molecule has 0 bridgehead atoms. The van der Waals surface area contributed by atoms with E-state index in [0.717, 1.165) is 65.5 Å². The van der Waals surface area contributed by atoms with Crippen LogP contribution in [0, 0.1) is 0 Å². The van der Waals surface area contributed by atoms with Gasteiger partial charge in [-0.1, -0.05) is 24.3 Å². The Morgan fingerprint density at radius 3 is 2.69 bits per heavy atom. The second kappa shape index (κ2) is 9.69. The normalized spacial score (nSPS) is 15.4. The van der Waals surface area contributed by atoms with Gasteiger partial charge < -0.3 is 19.7 Å². The van der Waals surface area contributed by atoms with Crippen LogP contribution in [0.25, 0.3) is 9.88 Å². The Kier molecular flexibility index (Phi) is 6.12. The summed E-state index contributed by atoms with van der Waals surface area (Å²) in [5.41, 5.74) is 3.52. The van der Waals surface area contributed by atoms with Gasteiger partial charge in [0.15, 0.2) is 11.5 Å². The molecular formula is C26H24N4O3S2. The summed E-state index contributed by atoms with van der Waals surface area (Å²) in [6.45, 7) is 4.82. The fraction of sp³-hybridized carbons (Fsp3) is 0.231. The third kappa shape index (κ3) is 4.75. The van der Waals surface area contributed by atoms with E-state index in [4.69, 9.17) is 9.47 Å². The highest BCUT2D eigenvalue weighted by Crippen LogP contribution is 2.33. The lowest BCUT2D eigenvalue weighted by Crippen LogP contribution is -2.46. The van der Waals surface area contributed by atoms with Crippen molar-refractivity contribution >= 4 is 40.0 Å². The standard InChI is InChI=1S/C26H24N4O3S2/c31-25(20-16-35-26(28-20)24-6-3-13-34-24)27-19-4-1-2-5-21(19)30-11-9-29(10-12-30)15-18-7-8-22-23(14-18)33-17-32-22/h1-8,13-14,16H,9-12,15,17H2,(H,27,31). The minimum absolute atomic E-state index is 0.182. The van der Waals surface area contributed by atoms with Crippen molar-refractivity contribution in [3.63, 3.8) is 0 Å². The number of hydrogen-bond acceptors (Lipinski definition) is 8. The van der Waals surface area contributed by atoms with E-state index in [9.17, 15) is 4.79 Å². The van der Waals surface area contributed by atoms with Gasteiger partial charge in [-0.05, 0) is 41.3 Å². The number of ether oxygens (including phenoxy) is 2. The fourth-order valence-electron chi connectivity index (χ4n) is 4.38. The molecule has 0 spiro atoms. The van der Waals surface area contributed by atoms with Gasteiger partial charge in [-0.25, -0.2) is 4.98 Å². The molecule has 2 aliphatic heterocycles. The molecule has 9 heteroatoms. The molecule has 1 amide bonds. The van der Waals surface area contributed by atoms with Crippen LogP contribution in [0.1, 0.15) is 16.1 Å². The molecule has 1 fully saturated rings. The van der Waals surface area contributed by atoms with Crippen LogP contribution in [0.4, 0.5) is 11.4 Å². The smallest absolute Gasteiger partial charge is 0.275 e. The Labute approximate surface area is 211 Å². The number of thiophene rings is 1. The van der Waals surface area contributed by atoms with Crippen molar-refractivity contribution in [3.8, 4) is 21.4 Å². The minimum atomic E-state index is -0.182. The highest BCUT2D eigenvalue weighted by Gasteiger charge is 2.22. The molecule has 4 aromatic rings. The van der Waals surface area contributed by atoms with Gasteiger partial charge in [-0.15, -0.1) is 22.7 Å². The first kappa shape index (κ1) is 22.1. The van der Waals surface area contributed by atoms with E-state index in [-0.39, 0.29) is 5.91 Å². The molecule has 0 unspecified atom stereocenters. The summed E-state index contributed by atoms with van der Waals surface area (Å²) in [6, 6.07) is 18.2. The van der Waals surface area contributed by atoms with Gasteiger partial charge in [0.25, 0.3) is 5.91 Å². The van der Waals surface area contributed by atoms with Crippen molar-refractivity contribution < 1.29 is 14.3 Å². The maximum atomic E-state index is 13.0. The van der Waals surface area contributed by atoms with Crippen LogP contribution in [0.2, 0.25) is 0 Å². The molecule has 1 saturated heterocycles. The second-order valence-electron chi connectivity index (χ2n) is 8.44. The number of fused-ring (bicyclic) bond motifs is 1. The molecule has 4 heterocycles. The first-order valence-corrected chi connectivity index (χ1v) is 13.2. The van der Waals surface area contributed by atoms with E-state index < -0.39 is 0 Å². The number of carbonyl (C=O) groups excluding carboxylic acids is 1. The number of hydrogen-bond donors (Lipinski definition) is 1. The summed E-state index contributed by atoms with van der Waals surface area (Å²) in [6.07, 6.45) is 0. The summed E-state index contributed by atoms with van der Waals surface area (Å²) < 4.78 is 10.9. The molecule has 2 aromatic carbocycles. The van der Waals surface area contributed by atoms with Crippen LogP contribution in [0.5, 0.6) is 11.5 Å². The minimum Gasteiger partial charge on any atom is -0.454 e. The molecule has 0 aliphatic carbocycles. The quantitative estimate of drug-likeness (QED) is 0.391. The molecule has 6 rings (SSSR count). The number of carbonyl (C=O) groups is 1. The Balaban J connectivity index is 1.09. The van der Waals surface area contributed by atoms with Crippen molar-refractivity contribution in [1.82, 2.24) is 9.88 Å². The number of nitrogens with one attached hydrogen (secondary N) is 1. The van der Waals surface area contributed by atoms with Gasteiger partial charge in [0.2, 0.25) is 6.79 Å². The average Bonchev–Trinajstić information content (AvgIpc) is 3.66. The number of aromatic nitrogens is 1. The molecule has 0 saturated carbocycles. The largest absolute Gasteiger partial charge is 0.454 e. The number of anilines is 2. The van der Waals surface area contributed by atoms with E-state index in [2.05, 4.69) is 38.3 Å². The van der Waals surface area contributed by atoms with E-state index in [1.54, 1.807) is 11.3 Å². The Bertz CT molecular complexity index is 1330. The van der Waals surface area contributed by atoms with Crippen LogP contribution in [-0.2, 0) is 6.54 Å². The van der Waals surface area contributed by atoms with Crippen LogP contribution < -0.4 is 19.7 Å². The highest BCUT2D eigenvalue weighted by atomic mass is 32.1. The van der Waals surface area contributed by atoms with E-state index in [1.165, 1.54) is 16.9 Å². The average molecular weight is 505 g/mol. The predicted octanol–water partition coefficient (Wildman–Crippen LogP) is 5.17. The Morgan fingerprint density at radius 2 is 1.83 bits per heavy atom. The SMILES string of the molecule is O=C(Nc1ccccc1N1CCN(Cc2ccc3c(c2)OCO3)CC1)c1csc(-c2cccs2)n1. The number of amides is 1. The number of nitrogens with zero attached hydrogens (tertiary/aromatic N) is 3. The third-order valence-corrected chi connectivity index (χ3v) is 8.06. The maximum Gasteiger partial charge on any atom is 0.275 e. The van der Waals surface area contributed by atoms with Crippen molar-refractivity contribution in [2.45, 2.75) is 6.54 Å². The zero-order chi connectivity index (χ0) is 23.6. The van der Waals surface area contributed by atoms with Gasteiger partial charge in [0.05, 0.1) is 16.3 Å². The highest BCUT2D eigenvalue weighted by molar-refractivity contribution is 7.20. The molecule has 1 N–H and O–H groups in total. The molecule has 0 atom stereocenters. The lowest BCUT2D eigenvalue weighted by Gasteiger charge is -2.37. The van der Waals surface area contributed by atoms with Gasteiger partial charge in [-0.3, -0.25) is 9.69 Å².